The zero-order chi connectivity index (χ0) is 28.2. The van der Waals surface area contributed by atoms with E-state index in [9.17, 15) is 34.5 Å². The number of carboxylic acid groups (broad SMARTS) is 3. The van der Waals surface area contributed by atoms with Gasteiger partial charge < -0.3 is 20.2 Å². The zero-order valence-electron chi connectivity index (χ0n) is 22.3. The molecule has 2 atom stereocenters. The lowest BCUT2D eigenvalue weighted by atomic mass is 9.56. The van der Waals surface area contributed by atoms with Gasteiger partial charge in [0, 0.05) is 13.1 Å². The Morgan fingerprint density at radius 3 is 1.44 bits per heavy atom. The van der Waals surface area contributed by atoms with Crippen LogP contribution in [-0.2, 0) is 32.1 Å². The second kappa shape index (κ2) is 15.0. The fraction of sp³-hybridized carbons (Fsp3) is 0.484. The number of benzene rings is 2. The molecule has 0 bridgehead atoms. The van der Waals surface area contributed by atoms with E-state index in [2.05, 4.69) is 24.3 Å². The maximum Gasteiger partial charge on any atom is 0.308 e. The molecule has 3 rings (SSSR count). The van der Waals surface area contributed by atoms with Gasteiger partial charge in [-0.15, -0.1) is 0 Å². The largest absolute Gasteiger partial charge is 0.481 e. The van der Waals surface area contributed by atoms with E-state index in [1.165, 1.54) is 29.7 Å². The van der Waals surface area contributed by atoms with Crippen LogP contribution < -0.4 is 0 Å². The molecule has 1 aliphatic carbocycles. The highest BCUT2D eigenvalue weighted by molar-refractivity contribution is 5.98. The van der Waals surface area contributed by atoms with Gasteiger partial charge in [-0.2, -0.15) is 0 Å². The molecule has 1 saturated carbocycles. The maximum absolute atomic E-state index is 13.5. The normalized spacial score (nSPS) is 20.1. The molecule has 0 aliphatic heterocycles. The molecule has 39 heavy (non-hydrogen) atoms. The lowest BCUT2D eigenvalue weighted by molar-refractivity contribution is -0.189. The highest BCUT2D eigenvalue weighted by atomic mass is 16.4. The Morgan fingerprint density at radius 1 is 0.538 bits per heavy atom. The quantitative estimate of drug-likeness (QED) is 0.239. The van der Waals surface area contributed by atoms with Crippen LogP contribution in [0.4, 0.5) is 0 Å². The van der Waals surface area contributed by atoms with Crippen molar-refractivity contribution in [2.45, 2.75) is 64.3 Å². The molecule has 2 aromatic carbocycles. The van der Waals surface area contributed by atoms with Gasteiger partial charge >= 0.3 is 17.9 Å². The van der Waals surface area contributed by atoms with Gasteiger partial charge in [0.05, 0.1) is 23.7 Å². The summed E-state index contributed by atoms with van der Waals surface area (Å²) in [5.74, 6) is -11.2. The van der Waals surface area contributed by atoms with Crippen LogP contribution in [0.1, 0.15) is 62.5 Å². The first-order valence-corrected chi connectivity index (χ1v) is 13.9. The topological polar surface area (TPSA) is 132 Å². The Labute approximate surface area is 229 Å². The summed E-state index contributed by atoms with van der Waals surface area (Å²) in [5, 5.41) is 28.7. The van der Waals surface area contributed by atoms with Crippen molar-refractivity contribution in [1.82, 2.24) is 4.90 Å². The Hall–Kier alpha value is -3.68. The van der Waals surface area contributed by atoms with Crippen molar-refractivity contribution in [2.24, 2.45) is 23.7 Å². The van der Waals surface area contributed by atoms with Gasteiger partial charge in [0.1, 0.15) is 0 Å². The van der Waals surface area contributed by atoms with E-state index >= 15 is 0 Å². The van der Waals surface area contributed by atoms with Crippen LogP contribution in [0.15, 0.2) is 60.7 Å². The summed E-state index contributed by atoms with van der Waals surface area (Å²) in [6, 6.07) is 19.7. The summed E-state index contributed by atoms with van der Waals surface area (Å²) in [7, 11) is 0. The SMILES string of the molecule is O=C(O)C1C(C(=O)O)C(C(=O)N(CCCCCCCCCCc2ccccc2)Cc2ccccc2)C1C(=O)O. The Morgan fingerprint density at radius 2 is 0.949 bits per heavy atom. The molecule has 8 heteroatoms. The number of carbonyl (C=O) groups is 4. The average Bonchev–Trinajstić information content (AvgIpc) is 2.89. The maximum atomic E-state index is 13.5. The minimum absolute atomic E-state index is 0.216. The molecule has 1 aliphatic rings. The third-order valence-electron chi connectivity index (χ3n) is 7.70. The number of hydrogen-bond donors (Lipinski definition) is 3. The van der Waals surface area contributed by atoms with Crippen molar-refractivity contribution < 1.29 is 34.5 Å². The minimum Gasteiger partial charge on any atom is -0.481 e. The smallest absolute Gasteiger partial charge is 0.308 e. The number of carboxylic acids is 3. The van der Waals surface area contributed by atoms with Gasteiger partial charge in [0.15, 0.2) is 0 Å². The predicted octanol–water partition coefficient (Wildman–Crippen LogP) is 5.11. The lowest BCUT2D eigenvalue weighted by Gasteiger charge is -2.45. The molecule has 8 nitrogen and oxygen atoms in total. The number of aryl methyl sites for hydroxylation is 1. The molecule has 0 aromatic heterocycles. The fourth-order valence-corrected chi connectivity index (χ4v) is 5.60. The highest BCUT2D eigenvalue weighted by Gasteiger charge is 2.64. The molecule has 210 valence electrons. The van der Waals surface area contributed by atoms with Crippen LogP contribution in [0.25, 0.3) is 0 Å². The van der Waals surface area contributed by atoms with Crippen LogP contribution in [0.2, 0.25) is 0 Å². The number of amides is 1. The summed E-state index contributed by atoms with van der Waals surface area (Å²) < 4.78 is 0. The van der Waals surface area contributed by atoms with Crippen LogP contribution in [0, 0.1) is 23.7 Å². The molecule has 1 fully saturated rings. The van der Waals surface area contributed by atoms with E-state index in [4.69, 9.17) is 0 Å². The van der Waals surface area contributed by atoms with E-state index in [1.54, 1.807) is 0 Å². The fourth-order valence-electron chi connectivity index (χ4n) is 5.60. The third-order valence-corrected chi connectivity index (χ3v) is 7.70. The molecule has 0 radical (unpaired) electrons. The molecule has 2 aromatic rings. The molecular formula is C31H39NO7. The second-order valence-corrected chi connectivity index (χ2v) is 10.4. The van der Waals surface area contributed by atoms with E-state index in [1.807, 2.05) is 36.4 Å². The van der Waals surface area contributed by atoms with Gasteiger partial charge in [0.25, 0.3) is 0 Å². The van der Waals surface area contributed by atoms with Gasteiger partial charge in [0.2, 0.25) is 5.91 Å². The van der Waals surface area contributed by atoms with Crippen molar-refractivity contribution in [1.29, 1.82) is 0 Å². The summed E-state index contributed by atoms with van der Waals surface area (Å²) in [5.41, 5.74) is 2.21. The minimum atomic E-state index is -1.62. The molecular weight excluding hydrogens is 498 g/mol. The number of rotatable bonds is 17. The predicted molar refractivity (Wildman–Crippen MR) is 146 cm³/mol. The van der Waals surface area contributed by atoms with Crippen molar-refractivity contribution in [3.63, 3.8) is 0 Å². The van der Waals surface area contributed by atoms with E-state index in [0.29, 0.717) is 13.0 Å². The molecule has 0 heterocycles. The Bertz CT molecular complexity index is 1070. The molecule has 0 saturated heterocycles. The number of hydrogen-bond acceptors (Lipinski definition) is 4. The van der Waals surface area contributed by atoms with Crippen molar-refractivity contribution in [3.8, 4) is 0 Å². The van der Waals surface area contributed by atoms with Crippen LogP contribution >= 0.6 is 0 Å². The van der Waals surface area contributed by atoms with Crippen molar-refractivity contribution in [2.75, 3.05) is 6.54 Å². The first kappa shape index (κ1) is 29.9. The van der Waals surface area contributed by atoms with Gasteiger partial charge in [-0.1, -0.05) is 99.2 Å². The van der Waals surface area contributed by atoms with E-state index in [-0.39, 0.29) is 6.54 Å². The highest BCUT2D eigenvalue weighted by Crippen LogP contribution is 2.48. The van der Waals surface area contributed by atoms with E-state index in [0.717, 1.165) is 37.7 Å². The van der Waals surface area contributed by atoms with Crippen molar-refractivity contribution in [3.05, 3.63) is 71.8 Å². The van der Waals surface area contributed by atoms with Gasteiger partial charge in [-0.05, 0) is 30.4 Å². The molecule has 2 unspecified atom stereocenters. The first-order chi connectivity index (χ1) is 18.8. The molecule has 0 spiro atoms. The summed E-state index contributed by atoms with van der Waals surface area (Å²) in [4.78, 5) is 50.3. The summed E-state index contributed by atoms with van der Waals surface area (Å²) in [6.07, 6.45) is 9.54. The number of unbranched alkanes of at least 4 members (excludes halogenated alkanes) is 7. The standard InChI is InChI=1S/C31H39NO7/c33-28(24-25(29(34)35)27(31(38)39)26(24)30(36)37)32(21-23-18-12-8-13-19-23)20-14-6-4-2-1-3-5-9-15-22-16-10-7-11-17-22/h7-8,10-13,16-19,24-27H,1-6,9,14-15,20-21H2,(H,34,35)(H,36,37)(H,38,39). The lowest BCUT2D eigenvalue weighted by Crippen LogP contribution is -2.62. The Balaban J connectivity index is 1.49. The van der Waals surface area contributed by atoms with Crippen LogP contribution in [0.5, 0.6) is 0 Å². The van der Waals surface area contributed by atoms with Crippen LogP contribution in [0.3, 0.4) is 0 Å². The average molecular weight is 538 g/mol. The number of carbonyl (C=O) groups excluding carboxylic acids is 1. The van der Waals surface area contributed by atoms with Gasteiger partial charge in [-0.25, -0.2) is 0 Å². The molecule has 3 N–H and O–H groups in total. The monoisotopic (exact) mass is 537 g/mol. The van der Waals surface area contributed by atoms with Crippen molar-refractivity contribution >= 4 is 23.8 Å². The summed E-state index contributed by atoms with van der Waals surface area (Å²) in [6.45, 7) is 0.575. The molecule has 1 amide bonds. The van der Waals surface area contributed by atoms with Crippen LogP contribution in [-0.4, -0.2) is 50.6 Å². The Kier molecular flexibility index (Phi) is 11.5. The van der Waals surface area contributed by atoms with E-state index < -0.39 is 47.5 Å². The third kappa shape index (κ3) is 8.40. The second-order valence-electron chi connectivity index (χ2n) is 10.4. The number of aliphatic carboxylic acids is 3. The summed E-state index contributed by atoms with van der Waals surface area (Å²) >= 11 is 0. The zero-order valence-corrected chi connectivity index (χ0v) is 22.3. The van der Waals surface area contributed by atoms with Gasteiger partial charge in [-0.3, -0.25) is 19.2 Å². The first-order valence-electron chi connectivity index (χ1n) is 13.9. The number of nitrogens with zero attached hydrogens (tertiary/aromatic N) is 1.